The lowest BCUT2D eigenvalue weighted by atomic mass is 9.97. The number of piperazine rings is 1. The van der Waals surface area contributed by atoms with E-state index in [9.17, 15) is 0 Å². The molecule has 2 fully saturated rings. The molecule has 0 unspecified atom stereocenters. The second-order valence-electron chi connectivity index (χ2n) is 7.40. The summed E-state index contributed by atoms with van der Waals surface area (Å²) in [5.74, 6) is 1.81. The molecule has 6 nitrogen and oxygen atoms in total. The standard InChI is InChI=1S/C20H35N5OS.HI/c1-3-21-20(22-17-18-6-8-23(9-7-18)14-15-26-2)25-12-10-24(11-13-25)19-5-4-16-27-19;/h4-5,16,18H,3,6-15,17H2,1-2H3,(H,21,22);1H. The van der Waals surface area contributed by atoms with E-state index in [0.717, 1.165) is 58.4 Å². The van der Waals surface area contributed by atoms with Gasteiger partial charge in [0, 0.05) is 52.9 Å². The van der Waals surface area contributed by atoms with Crippen LogP contribution in [-0.2, 0) is 4.74 Å². The lowest BCUT2D eigenvalue weighted by molar-refractivity contribution is 0.121. The van der Waals surface area contributed by atoms with Crippen molar-refractivity contribution >= 4 is 46.3 Å². The average Bonchev–Trinajstić information content (AvgIpc) is 3.25. The highest BCUT2D eigenvalue weighted by atomic mass is 127. The van der Waals surface area contributed by atoms with Gasteiger partial charge in [0.15, 0.2) is 5.96 Å². The fourth-order valence-corrected chi connectivity index (χ4v) is 4.63. The Morgan fingerprint density at radius 3 is 2.57 bits per heavy atom. The van der Waals surface area contributed by atoms with Gasteiger partial charge in [-0.25, -0.2) is 0 Å². The third-order valence-corrected chi connectivity index (χ3v) is 6.48. The number of hydrogen-bond acceptors (Lipinski definition) is 5. The van der Waals surface area contributed by atoms with Crippen LogP contribution >= 0.6 is 35.3 Å². The third-order valence-electron chi connectivity index (χ3n) is 5.55. The van der Waals surface area contributed by atoms with Gasteiger partial charge in [-0.2, -0.15) is 0 Å². The number of rotatable bonds is 7. The number of halogens is 1. The number of aliphatic imine (C=N–C) groups is 1. The first-order valence-corrected chi connectivity index (χ1v) is 11.2. The Kier molecular flexibility index (Phi) is 10.9. The first-order valence-electron chi connectivity index (χ1n) is 10.3. The average molecular weight is 522 g/mol. The van der Waals surface area contributed by atoms with E-state index < -0.39 is 0 Å². The molecule has 0 aliphatic carbocycles. The van der Waals surface area contributed by atoms with Gasteiger partial charge in [0.25, 0.3) is 0 Å². The zero-order valence-corrected chi connectivity index (χ0v) is 20.5. The largest absolute Gasteiger partial charge is 0.383 e. The van der Waals surface area contributed by atoms with Crippen LogP contribution in [0.3, 0.4) is 0 Å². The summed E-state index contributed by atoms with van der Waals surface area (Å²) >= 11 is 1.83. The van der Waals surface area contributed by atoms with Gasteiger partial charge in [-0.1, -0.05) is 0 Å². The van der Waals surface area contributed by atoms with E-state index in [2.05, 4.69) is 44.5 Å². The first kappa shape index (κ1) is 23.7. The minimum Gasteiger partial charge on any atom is -0.383 e. The molecule has 2 aliphatic rings. The van der Waals surface area contributed by atoms with Crippen molar-refractivity contribution in [2.75, 3.05) is 77.5 Å². The smallest absolute Gasteiger partial charge is 0.194 e. The minimum absolute atomic E-state index is 0. The lowest BCUT2D eigenvalue weighted by Crippen LogP contribution is -2.52. The maximum atomic E-state index is 5.20. The Labute approximate surface area is 191 Å². The van der Waals surface area contributed by atoms with Crippen LogP contribution in [0.2, 0.25) is 0 Å². The number of ether oxygens (including phenoxy) is 1. The van der Waals surface area contributed by atoms with E-state index in [-0.39, 0.29) is 24.0 Å². The zero-order chi connectivity index (χ0) is 18.9. The number of anilines is 1. The summed E-state index contributed by atoms with van der Waals surface area (Å²) in [4.78, 5) is 12.4. The van der Waals surface area contributed by atoms with Crippen LogP contribution in [0.1, 0.15) is 19.8 Å². The lowest BCUT2D eigenvalue weighted by Gasteiger charge is -2.37. The van der Waals surface area contributed by atoms with Crippen LogP contribution < -0.4 is 10.2 Å². The summed E-state index contributed by atoms with van der Waals surface area (Å²) in [6.45, 7) is 12.5. The predicted molar refractivity (Wildman–Crippen MR) is 131 cm³/mol. The minimum atomic E-state index is 0. The SMILES string of the molecule is CCNC(=NCC1CCN(CCOC)CC1)N1CCN(c2cccs2)CC1.I. The van der Waals surface area contributed by atoms with E-state index in [0.29, 0.717) is 5.92 Å². The Hall–Kier alpha value is -0.580. The molecule has 28 heavy (non-hydrogen) atoms. The van der Waals surface area contributed by atoms with Gasteiger partial charge >= 0.3 is 0 Å². The molecule has 1 N–H and O–H groups in total. The van der Waals surface area contributed by atoms with Crippen LogP contribution in [-0.4, -0.2) is 88.4 Å². The molecule has 0 amide bonds. The fraction of sp³-hybridized carbons (Fsp3) is 0.750. The number of hydrogen-bond donors (Lipinski definition) is 1. The number of piperidine rings is 1. The van der Waals surface area contributed by atoms with Gasteiger partial charge in [-0.15, -0.1) is 35.3 Å². The maximum absolute atomic E-state index is 5.20. The summed E-state index contributed by atoms with van der Waals surface area (Å²) in [6.07, 6.45) is 2.50. The zero-order valence-electron chi connectivity index (χ0n) is 17.3. The summed E-state index contributed by atoms with van der Waals surface area (Å²) in [7, 11) is 1.78. The number of nitrogens with zero attached hydrogens (tertiary/aromatic N) is 4. The molecule has 2 aliphatic heterocycles. The van der Waals surface area contributed by atoms with E-state index in [1.807, 2.05) is 11.3 Å². The monoisotopic (exact) mass is 521 g/mol. The Balaban J connectivity index is 0.00000280. The van der Waals surface area contributed by atoms with Crippen molar-refractivity contribution < 1.29 is 4.74 Å². The molecule has 1 aromatic rings. The van der Waals surface area contributed by atoms with Gasteiger partial charge < -0.3 is 24.8 Å². The molecular weight excluding hydrogens is 485 g/mol. The van der Waals surface area contributed by atoms with Crippen LogP contribution in [0.15, 0.2) is 22.5 Å². The fourth-order valence-electron chi connectivity index (χ4n) is 3.84. The highest BCUT2D eigenvalue weighted by Crippen LogP contribution is 2.22. The molecule has 160 valence electrons. The second-order valence-corrected chi connectivity index (χ2v) is 8.32. The van der Waals surface area contributed by atoms with Crippen molar-refractivity contribution in [2.24, 2.45) is 10.9 Å². The van der Waals surface area contributed by atoms with E-state index in [4.69, 9.17) is 9.73 Å². The Bertz CT molecular complexity index is 555. The van der Waals surface area contributed by atoms with Crippen molar-refractivity contribution in [1.29, 1.82) is 0 Å². The number of thiophene rings is 1. The quantitative estimate of drug-likeness (QED) is 0.340. The summed E-state index contributed by atoms with van der Waals surface area (Å²) in [5, 5.41) is 7.06. The molecule has 0 bridgehead atoms. The van der Waals surface area contributed by atoms with Crippen molar-refractivity contribution in [1.82, 2.24) is 15.1 Å². The number of nitrogens with one attached hydrogen (secondary N) is 1. The van der Waals surface area contributed by atoms with E-state index >= 15 is 0 Å². The summed E-state index contributed by atoms with van der Waals surface area (Å²) in [5.41, 5.74) is 0. The van der Waals surface area contributed by atoms with Gasteiger partial charge in [0.2, 0.25) is 0 Å². The molecule has 8 heteroatoms. The third kappa shape index (κ3) is 7.03. The molecule has 3 rings (SSSR count). The predicted octanol–water partition coefficient (Wildman–Crippen LogP) is 2.81. The second kappa shape index (κ2) is 12.9. The number of guanidine groups is 1. The molecule has 3 heterocycles. The van der Waals surface area contributed by atoms with Crippen LogP contribution in [0.5, 0.6) is 0 Å². The highest BCUT2D eigenvalue weighted by molar-refractivity contribution is 14.0. The van der Waals surface area contributed by atoms with Gasteiger partial charge in [0.1, 0.15) is 0 Å². The first-order chi connectivity index (χ1) is 13.3. The van der Waals surface area contributed by atoms with Crippen LogP contribution in [0.25, 0.3) is 0 Å². The van der Waals surface area contributed by atoms with Crippen molar-refractivity contribution in [3.05, 3.63) is 17.5 Å². The molecule has 0 saturated carbocycles. The van der Waals surface area contributed by atoms with Crippen molar-refractivity contribution in [3.8, 4) is 0 Å². The molecule has 0 radical (unpaired) electrons. The normalized spacial score (nSPS) is 19.6. The number of likely N-dealkylation sites (tertiary alicyclic amines) is 1. The molecule has 0 atom stereocenters. The Morgan fingerprint density at radius 2 is 1.96 bits per heavy atom. The van der Waals surface area contributed by atoms with Gasteiger partial charge in [0.05, 0.1) is 11.6 Å². The molecule has 0 aromatic carbocycles. The van der Waals surface area contributed by atoms with E-state index in [1.165, 1.54) is 30.9 Å². The summed E-state index contributed by atoms with van der Waals surface area (Å²) in [6, 6.07) is 4.36. The molecular formula is C20H36IN5OS. The van der Waals surface area contributed by atoms with Gasteiger partial charge in [-0.05, 0) is 56.3 Å². The topological polar surface area (TPSA) is 43.3 Å². The highest BCUT2D eigenvalue weighted by Gasteiger charge is 2.22. The van der Waals surface area contributed by atoms with Gasteiger partial charge in [-0.3, -0.25) is 4.99 Å². The number of methoxy groups -OCH3 is 1. The maximum Gasteiger partial charge on any atom is 0.194 e. The van der Waals surface area contributed by atoms with Crippen molar-refractivity contribution in [2.45, 2.75) is 19.8 Å². The molecule has 2 saturated heterocycles. The summed E-state index contributed by atoms with van der Waals surface area (Å²) < 4.78 is 5.20. The van der Waals surface area contributed by atoms with Crippen LogP contribution in [0.4, 0.5) is 5.00 Å². The molecule has 1 aromatic heterocycles. The van der Waals surface area contributed by atoms with E-state index in [1.54, 1.807) is 7.11 Å². The van der Waals surface area contributed by atoms with Crippen LogP contribution in [0, 0.1) is 5.92 Å². The Morgan fingerprint density at radius 1 is 1.21 bits per heavy atom. The molecule has 0 spiro atoms. The van der Waals surface area contributed by atoms with Crippen molar-refractivity contribution in [3.63, 3.8) is 0 Å².